The van der Waals surface area contributed by atoms with E-state index in [0.717, 1.165) is 0 Å². The highest BCUT2D eigenvalue weighted by Crippen LogP contribution is 1.86. The first-order valence-corrected chi connectivity index (χ1v) is 4.43. The maximum absolute atomic E-state index is 10.9. The monoisotopic (exact) mass is 198 g/mol. The van der Waals surface area contributed by atoms with Crippen molar-refractivity contribution in [2.24, 2.45) is 7.05 Å². The molecule has 0 saturated heterocycles. The number of aromatic nitrogens is 3. The summed E-state index contributed by atoms with van der Waals surface area (Å²) in [6.45, 7) is 2.84. The molecule has 0 saturated carbocycles. The van der Waals surface area contributed by atoms with E-state index in [0.29, 0.717) is 19.0 Å². The molecule has 0 aromatic carbocycles. The zero-order valence-electron chi connectivity index (χ0n) is 8.36. The lowest BCUT2D eigenvalue weighted by Gasteiger charge is -2.01. The van der Waals surface area contributed by atoms with Crippen LogP contribution in [0.15, 0.2) is 6.33 Å². The van der Waals surface area contributed by atoms with Gasteiger partial charge in [-0.15, -0.1) is 0 Å². The van der Waals surface area contributed by atoms with Crippen LogP contribution in [-0.4, -0.2) is 33.9 Å². The summed E-state index contributed by atoms with van der Waals surface area (Å²) in [5.74, 6) is 0.403. The number of esters is 1. The Morgan fingerprint density at radius 3 is 3.07 bits per heavy atom. The molecule has 0 bridgehead atoms. The van der Waals surface area contributed by atoms with Gasteiger partial charge in [-0.1, -0.05) is 0 Å². The van der Waals surface area contributed by atoms with Crippen LogP contribution in [0, 0.1) is 0 Å². The molecule has 0 aliphatic heterocycles. The summed E-state index contributed by atoms with van der Waals surface area (Å²) in [5.41, 5.74) is 0. The van der Waals surface area contributed by atoms with Gasteiger partial charge in [0.05, 0.1) is 19.7 Å². The summed E-state index contributed by atoms with van der Waals surface area (Å²) in [5, 5.41) is 6.93. The van der Waals surface area contributed by atoms with Crippen LogP contribution < -0.4 is 5.32 Å². The Balaban J connectivity index is 2.18. The first kappa shape index (κ1) is 10.6. The molecule has 0 radical (unpaired) electrons. The van der Waals surface area contributed by atoms with E-state index in [1.54, 1.807) is 25.0 Å². The van der Waals surface area contributed by atoms with Gasteiger partial charge >= 0.3 is 5.97 Å². The molecule has 14 heavy (non-hydrogen) atoms. The van der Waals surface area contributed by atoms with Gasteiger partial charge in [0, 0.05) is 7.05 Å². The van der Waals surface area contributed by atoms with Gasteiger partial charge in [-0.2, -0.15) is 5.10 Å². The van der Waals surface area contributed by atoms with E-state index in [1.807, 2.05) is 0 Å². The largest absolute Gasteiger partial charge is 0.465 e. The fourth-order valence-electron chi connectivity index (χ4n) is 0.953. The highest BCUT2D eigenvalue weighted by atomic mass is 16.5. The Kier molecular flexibility index (Phi) is 4.06. The van der Waals surface area contributed by atoms with Crippen molar-refractivity contribution in [3.8, 4) is 0 Å². The van der Waals surface area contributed by atoms with Gasteiger partial charge in [-0.05, 0) is 6.92 Å². The number of ether oxygens (including phenoxy) is 1. The third kappa shape index (κ3) is 3.53. The summed E-state index contributed by atoms with van der Waals surface area (Å²) in [6.07, 6.45) is 1.61. The van der Waals surface area contributed by atoms with Crippen molar-refractivity contribution < 1.29 is 9.53 Å². The molecule has 1 aromatic heterocycles. The molecule has 0 aliphatic carbocycles. The highest BCUT2D eigenvalue weighted by Gasteiger charge is 2.02. The first-order chi connectivity index (χ1) is 6.72. The SMILES string of the molecule is CCOC(=O)CNCc1ncn(C)n1. The van der Waals surface area contributed by atoms with Crippen LogP contribution in [0.1, 0.15) is 12.7 Å². The number of nitrogens with one attached hydrogen (secondary N) is 1. The minimum absolute atomic E-state index is 0.187. The highest BCUT2D eigenvalue weighted by molar-refractivity contribution is 5.71. The third-order valence-electron chi connectivity index (χ3n) is 1.50. The molecule has 1 heterocycles. The number of nitrogens with zero attached hydrogens (tertiary/aromatic N) is 3. The van der Waals surface area contributed by atoms with Crippen LogP contribution in [0.25, 0.3) is 0 Å². The fourth-order valence-corrected chi connectivity index (χ4v) is 0.953. The number of carbonyl (C=O) groups is 1. The Bertz CT molecular complexity index is 297. The number of carbonyl (C=O) groups excluding carboxylic acids is 1. The van der Waals surface area contributed by atoms with Crippen molar-refractivity contribution in [2.45, 2.75) is 13.5 Å². The Morgan fingerprint density at radius 1 is 1.71 bits per heavy atom. The zero-order chi connectivity index (χ0) is 10.4. The Labute approximate surface area is 82.3 Å². The first-order valence-electron chi connectivity index (χ1n) is 4.43. The van der Waals surface area contributed by atoms with Crippen LogP contribution in [0.4, 0.5) is 0 Å². The van der Waals surface area contributed by atoms with Gasteiger partial charge in [0.15, 0.2) is 5.82 Å². The molecule has 0 atom stereocenters. The Hall–Kier alpha value is -1.43. The predicted octanol–water partition coefficient (Wildman–Crippen LogP) is -0.532. The smallest absolute Gasteiger partial charge is 0.319 e. The standard InChI is InChI=1S/C8H14N4O2/c1-3-14-8(13)5-9-4-7-10-6-12(2)11-7/h6,9H,3-5H2,1-2H3. The van der Waals surface area contributed by atoms with Gasteiger partial charge in [0.1, 0.15) is 6.33 Å². The lowest BCUT2D eigenvalue weighted by Crippen LogP contribution is -2.24. The molecular formula is C8H14N4O2. The summed E-state index contributed by atoms with van der Waals surface area (Å²) in [7, 11) is 1.79. The molecular weight excluding hydrogens is 184 g/mol. The van der Waals surface area contributed by atoms with Crippen LogP contribution in [0.5, 0.6) is 0 Å². The minimum Gasteiger partial charge on any atom is -0.465 e. The average Bonchev–Trinajstić information content (AvgIpc) is 2.52. The second-order valence-corrected chi connectivity index (χ2v) is 2.74. The second-order valence-electron chi connectivity index (χ2n) is 2.74. The lowest BCUT2D eigenvalue weighted by molar-refractivity contribution is -0.142. The topological polar surface area (TPSA) is 69.0 Å². The number of hydrogen-bond donors (Lipinski definition) is 1. The van der Waals surface area contributed by atoms with E-state index in [2.05, 4.69) is 15.4 Å². The van der Waals surface area contributed by atoms with E-state index in [1.165, 1.54) is 0 Å². The summed E-state index contributed by atoms with van der Waals surface area (Å²) < 4.78 is 6.35. The fraction of sp³-hybridized carbons (Fsp3) is 0.625. The summed E-state index contributed by atoms with van der Waals surface area (Å²) in [4.78, 5) is 14.9. The zero-order valence-corrected chi connectivity index (χ0v) is 8.36. The Morgan fingerprint density at radius 2 is 2.50 bits per heavy atom. The number of rotatable bonds is 5. The molecule has 1 aromatic rings. The van der Waals surface area contributed by atoms with Crippen LogP contribution in [0.3, 0.4) is 0 Å². The van der Waals surface area contributed by atoms with E-state index in [-0.39, 0.29) is 12.5 Å². The van der Waals surface area contributed by atoms with E-state index >= 15 is 0 Å². The molecule has 1 rings (SSSR count). The van der Waals surface area contributed by atoms with E-state index < -0.39 is 0 Å². The lowest BCUT2D eigenvalue weighted by atomic mass is 10.5. The van der Waals surface area contributed by atoms with E-state index in [4.69, 9.17) is 4.74 Å². The van der Waals surface area contributed by atoms with E-state index in [9.17, 15) is 4.79 Å². The average molecular weight is 198 g/mol. The predicted molar refractivity (Wildman–Crippen MR) is 49.3 cm³/mol. The maximum Gasteiger partial charge on any atom is 0.319 e. The van der Waals surface area contributed by atoms with Gasteiger partial charge in [0.25, 0.3) is 0 Å². The van der Waals surface area contributed by atoms with Gasteiger partial charge in [-0.3, -0.25) is 14.8 Å². The molecule has 0 spiro atoms. The quantitative estimate of drug-likeness (QED) is 0.644. The molecule has 0 aliphatic rings. The number of aryl methyl sites for hydroxylation is 1. The normalized spacial score (nSPS) is 10.1. The second kappa shape index (κ2) is 5.33. The summed E-state index contributed by atoms with van der Waals surface area (Å²) >= 11 is 0. The molecule has 0 unspecified atom stereocenters. The third-order valence-corrected chi connectivity index (χ3v) is 1.50. The van der Waals surface area contributed by atoms with Crippen molar-refractivity contribution in [1.82, 2.24) is 20.1 Å². The summed E-state index contributed by atoms with van der Waals surface area (Å²) in [6, 6.07) is 0. The van der Waals surface area contributed by atoms with Gasteiger partial charge in [0.2, 0.25) is 0 Å². The molecule has 0 fully saturated rings. The van der Waals surface area contributed by atoms with Crippen LogP contribution in [0.2, 0.25) is 0 Å². The molecule has 6 heteroatoms. The van der Waals surface area contributed by atoms with Crippen molar-refractivity contribution in [1.29, 1.82) is 0 Å². The molecule has 0 amide bonds. The molecule has 78 valence electrons. The van der Waals surface area contributed by atoms with Crippen molar-refractivity contribution in [2.75, 3.05) is 13.2 Å². The minimum atomic E-state index is -0.261. The van der Waals surface area contributed by atoms with Crippen LogP contribution in [-0.2, 0) is 23.1 Å². The van der Waals surface area contributed by atoms with Gasteiger partial charge in [-0.25, -0.2) is 4.98 Å². The molecule has 6 nitrogen and oxygen atoms in total. The van der Waals surface area contributed by atoms with Crippen molar-refractivity contribution >= 4 is 5.97 Å². The van der Waals surface area contributed by atoms with Gasteiger partial charge < -0.3 is 4.74 Å². The van der Waals surface area contributed by atoms with Crippen molar-refractivity contribution in [3.05, 3.63) is 12.2 Å². The van der Waals surface area contributed by atoms with Crippen molar-refractivity contribution in [3.63, 3.8) is 0 Å². The number of hydrogen-bond acceptors (Lipinski definition) is 5. The maximum atomic E-state index is 10.9. The molecule has 1 N–H and O–H groups in total. The van der Waals surface area contributed by atoms with Crippen LogP contribution >= 0.6 is 0 Å².